The fourth-order valence-corrected chi connectivity index (χ4v) is 2.54. The molecule has 1 aromatic carbocycles. The summed E-state index contributed by atoms with van der Waals surface area (Å²) in [4.78, 5) is 20.8. The monoisotopic (exact) mass is 359 g/mol. The lowest BCUT2D eigenvalue weighted by Crippen LogP contribution is -2.15. The molecule has 0 fully saturated rings. The van der Waals surface area contributed by atoms with Gasteiger partial charge in [-0.05, 0) is 45.0 Å². The Hall–Kier alpha value is -2.67. The molecule has 0 saturated heterocycles. The van der Waals surface area contributed by atoms with Crippen LogP contribution in [0, 0.1) is 13.8 Å². The number of carbonyl (C=O) groups is 1. The van der Waals surface area contributed by atoms with Crippen LogP contribution in [0.2, 0.25) is 5.02 Å². The number of amides is 1. The first-order chi connectivity index (χ1) is 12.0. The lowest BCUT2D eigenvalue weighted by atomic mass is 10.3. The molecule has 0 aliphatic heterocycles. The fourth-order valence-electron chi connectivity index (χ4n) is 2.42. The summed E-state index contributed by atoms with van der Waals surface area (Å²) in [5.74, 6) is 1.38. The number of nitrogens with one attached hydrogen (secondary N) is 1. The Balaban J connectivity index is 1.72. The van der Waals surface area contributed by atoms with Gasteiger partial charge in [-0.15, -0.1) is 5.10 Å². The zero-order valence-electron chi connectivity index (χ0n) is 14.2. The van der Waals surface area contributed by atoms with E-state index in [1.54, 1.807) is 28.8 Å². The smallest absolute Gasteiger partial charge is 0.252 e. The minimum absolute atomic E-state index is 0.0483. The van der Waals surface area contributed by atoms with Crippen LogP contribution >= 0.6 is 11.6 Å². The second kappa shape index (κ2) is 7.06. The number of anilines is 1. The van der Waals surface area contributed by atoms with Gasteiger partial charge in [0.1, 0.15) is 5.75 Å². The summed E-state index contributed by atoms with van der Waals surface area (Å²) in [5.41, 5.74) is 2.12. The maximum atomic E-state index is 12.2. The molecule has 0 bridgehead atoms. The van der Waals surface area contributed by atoms with Gasteiger partial charge in [0.25, 0.3) is 5.78 Å². The van der Waals surface area contributed by atoms with Crippen LogP contribution in [0.3, 0.4) is 0 Å². The average molecular weight is 360 g/mol. The van der Waals surface area contributed by atoms with E-state index in [-0.39, 0.29) is 12.3 Å². The van der Waals surface area contributed by atoms with Crippen molar-refractivity contribution in [2.45, 2.75) is 27.2 Å². The molecule has 0 radical (unpaired) electrons. The molecule has 7 nitrogen and oxygen atoms in total. The molecule has 0 atom stereocenters. The van der Waals surface area contributed by atoms with E-state index in [4.69, 9.17) is 16.3 Å². The van der Waals surface area contributed by atoms with Gasteiger partial charge >= 0.3 is 0 Å². The molecule has 0 spiro atoms. The summed E-state index contributed by atoms with van der Waals surface area (Å²) in [7, 11) is 0. The second-order valence-electron chi connectivity index (χ2n) is 5.52. The third-order valence-corrected chi connectivity index (χ3v) is 4.17. The molecular formula is C17H18ClN5O2. The highest BCUT2D eigenvalue weighted by Crippen LogP contribution is 2.19. The number of ether oxygens (including phenoxy) is 1. The topological polar surface area (TPSA) is 81.4 Å². The van der Waals surface area contributed by atoms with Gasteiger partial charge in [-0.1, -0.05) is 11.6 Å². The SMILES string of the molecule is CCOc1ccc(NC(=O)Cc2nc3nc(C)c(Cl)c(C)n3n2)cc1. The van der Waals surface area contributed by atoms with Crippen molar-refractivity contribution in [3.8, 4) is 5.75 Å². The number of fused-ring (bicyclic) bond motifs is 1. The average Bonchev–Trinajstić information content (AvgIpc) is 2.97. The van der Waals surface area contributed by atoms with Crippen molar-refractivity contribution in [3.05, 3.63) is 46.5 Å². The number of benzene rings is 1. The van der Waals surface area contributed by atoms with Gasteiger partial charge in [0.2, 0.25) is 5.91 Å². The number of aromatic nitrogens is 4. The normalized spacial score (nSPS) is 10.9. The third-order valence-electron chi connectivity index (χ3n) is 3.62. The largest absolute Gasteiger partial charge is 0.494 e. The van der Waals surface area contributed by atoms with E-state index >= 15 is 0 Å². The quantitative estimate of drug-likeness (QED) is 0.757. The third kappa shape index (κ3) is 3.71. The molecule has 25 heavy (non-hydrogen) atoms. The van der Waals surface area contributed by atoms with Crippen molar-refractivity contribution in [1.82, 2.24) is 19.6 Å². The minimum atomic E-state index is -0.208. The molecule has 1 N–H and O–H groups in total. The van der Waals surface area contributed by atoms with Crippen molar-refractivity contribution < 1.29 is 9.53 Å². The van der Waals surface area contributed by atoms with Crippen molar-refractivity contribution in [3.63, 3.8) is 0 Å². The van der Waals surface area contributed by atoms with Crippen LogP contribution in [0.5, 0.6) is 5.75 Å². The van der Waals surface area contributed by atoms with E-state index in [2.05, 4.69) is 20.4 Å². The molecule has 1 amide bonds. The number of rotatable bonds is 5. The standard InChI is InChI=1S/C17H18ClN5O2/c1-4-25-13-7-5-12(6-8-13)20-15(24)9-14-21-17-19-10(2)16(18)11(3)23(17)22-14/h5-8H,4,9H2,1-3H3,(H,20,24). The number of hydrogen-bond donors (Lipinski definition) is 1. The maximum absolute atomic E-state index is 12.2. The summed E-state index contributed by atoms with van der Waals surface area (Å²) >= 11 is 6.17. The second-order valence-corrected chi connectivity index (χ2v) is 5.90. The fraction of sp³-hybridized carbons (Fsp3) is 0.294. The number of nitrogens with zero attached hydrogens (tertiary/aromatic N) is 4. The highest BCUT2D eigenvalue weighted by molar-refractivity contribution is 6.31. The number of hydrogen-bond acceptors (Lipinski definition) is 5. The Labute approximate surface area is 150 Å². The van der Waals surface area contributed by atoms with Crippen LogP contribution in [0.25, 0.3) is 5.78 Å². The van der Waals surface area contributed by atoms with E-state index < -0.39 is 0 Å². The number of aryl methyl sites for hydroxylation is 2. The first kappa shape index (κ1) is 17.2. The first-order valence-electron chi connectivity index (χ1n) is 7.89. The van der Waals surface area contributed by atoms with Crippen LogP contribution in [0.1, 0.15) is 24.1 Å². The molecular weight excluding hydrogens is 342 g/mol. The van der Waals surface area contributed by atoms with Crippen LogP contribution in [-0.4, -0.2) is 32.1 Å². The molecule has 0 unspecified atom stereocenters. The summed E-state index contributed by atoms with van der Waals surface area (Å²) in [6.07, 6.45) is 0.0483. The van der Waals surface area contributed by atoms with Crippen molar-refractivity contribution in [2.75, 3.05) is 11.9 Å². The van der Waals surface area contributed by atoms with Gasteiger partial charge in [0, 0.05) is 5.69 Å². The molecule has 0 aliphatic carbocycles. The van der Waals surface area contributed by atoms with Crippen LogP contribution in [0.4, 0.5) is 5.69 Å². The molecule has 3 rings (SSSR count). The molecule has 2 heterocycles. The van der Waals surface area contributed by atoms with E-state index in [9.17, 15) is 4.79 Å². The molecule has 8 heteroatoms. The predicted octanol–water partition coefficient (Wildman–Crippen LogP) is 2.97. The van der Waals surface area contributed by atoms with Crippen molar-refractivity contribution >= 4 is 29.0 Å². The summed E-state index contributed by atoms with van der Waals surface area (Å²) < 4.78 is 6.92. The van der Waals surface area contributed by atoms with E-state index in [0.29, 0.717) is 34.6 Å². The highest BCUT2D eigenvalue weighted by atomic mass is 35.5. The number of carbonyl (C=O) groups excluding carboxylic acids is 1. The Morgan fingerprint density at radius 1 is 1.24 bits per heavy atom. The zero-order chi connectivity index (χ0) is 18.0. The van der Waals surface area contributed by atoms with Gasteiger partial charge < -0.3 is 10.1 Å². The molecule has 0 saturated carbocycles. The summed E-state index contributed by atoms with van der Waals surface area (Å²) in [6, 6.07) is 7.18. The van der Waals surface area contributed by atoms with Gasteiger partial charge in [-0.25, -0.2) is 4.98 Å². The number of halogens is 1. The molecule has 3 aromatic rings. The minimum Gasteiger partial charge on any atom is -0.494 e. The Bertz CT molecular complexity index is 921. The van der Waals surface area contributed by atoms with E-state index in [0.717, 1.165) is 11.4 Å². The molecule has 0 aliphatic rings. The van der Waals surface area contributed by atoms with Crippen LogP contribution < -0.4 is 10.1 Å². The van der Waals surface area contributed by atoms with Gasteiger partial charge in [-0.3, -0.25) is 4.79 Å². The molecule has 130 valence electrons. The van der Waals surface area contributed by atoms with Crippen molar-refractivity contribution in [1.29, 1.82) is 0 Å². The molecule has 2 aromatic heterocycles. The van der Waals surface area contributed by atoms with E-state index in [1.165, 1.54) is 0 Å². The van der Waals surface area contributed by atoms with Crippen LogP contribution in [-0.2, 0) is 11.2 Å². The Morgan fingerprint density at radius 3 is 2.64 bits per heavy atom. The Morgan fingerprint density at radius 2 is 1.96 bits per heavy atom. The zero-order valence-corrected chi connectivity index (χ0v) is 15.0. The Kier molecular flexibility index (Phi) is 4.85. The lowest BCUT2D eigenvalue weighted by Gasteiger charge is -2.06. The summed E-state index contributed by atoms with van der Waals surface area (Å²) in [6.45, 7) is 6.16. The summed E-state index contributed by atoms with van der Waals surface area (Å²) in [5, 5.41) is 7.67. The van der Waals surface area contributed by atoms with Gasteiger partial charge in [-0.2, -0.15) is 9.50 Å². The lowest BCUT2D eigenvalue weighted by molar-refractivity contribution is -0.115. The van der Waals surface area contributed by atoms with Crippen LogP contribution in [0.15, 0.2) is 24.3 Å². The van der Waals surface area contributed by atoms with Crippen molar-refractivity contribution in [2.24, 2.45) is 0 Å². The maximum Gasteiger partial charge on any atom is 0.252 e. The first-order valence-corrected chi connectivity index (χ1v) is 8.26. The van der Waals surface area contributed by atoms with Gasteiger partial charge in [0.05, 0.1) is 29.4 Å². The van der Waals surface area contributed by atoms with E-state index in [1.807, 2.05) is 20.8 Å². The highest BCUT2D eigenvalue weighted by Gasteiger charge is 2.14. The van der Waals surface area contributed by atoms with Gasteiger partial charge in [0.15, 0.2) is 5.82 Å². The predicted molar refractivity (Wildman–Crippen MR) is 95.2 cm³/mol.